The molecule has 11 heavy (non-hydrogen) atoms. The SMILES string of the molecule is C=C(NC)/C(C)=C/NC.CC. The number of likely N-dealkylation sites (N-methyl/N-ethyl adjacent to an activating group) is 1. The fourth-order valence-electron chi connectivity index (χ4n) is 0.501. The highest BCUT2D eigenvalue weighted by Gasteiger charge is 1.88. The number of nitrogens with one attached hydrogen (secondary N) is 2. The lowest BCUT2D eigenvalue weighted by Crippen LogP contribution is -2.07. The molecule has 2 heteroatoms. The van der Waals surface area contributed by atoms with Gasteiger partial charge in [0.15, 0.2) is 0 Å². The lowest BCUT2D eigenvalue weighted by atomic mass is 10.2. The molecule has 0 aliphatic carbocycles. The highest BCUT2D eigenvalue weighted by Crippen LogP contribution is 1.98. The predicted octanol–water partition coefficient (Wildman–Crippen LogP) is 1.87. The first-order valence-electron chi connectivity index (χ1n) is 3.93. The van der Waals surface area contributed by atoms with Crippen molar-refractivity contribution in [2.75, 3.05) is 14.1 Å². The maximum Gasteiger partial charge on any atom is 0.0308 e. The Labute approximate surface area is 70.4 Å². The van der Waals surface area contributed by atoms with Crippen LogP contribution in [0.2, 0.25) is 0 Å². The zero-order valence-corrected chi connectivity index (χ0v) is 8.28. The summed E-state index contributed by atoms with van der Waals surface area (Å²) in [6.45, 7) is 9.77. The first kappa shape index (κ1) is 12.7. The van der Waals surface area contributed by atoms with Crippen molar-refractivity contribution < 1.29 is 0 Å². The minimum absolute atomic E-state index is 0.948. The summed E-state index contributed by atoms with van der Waals surface area (Å²) in [4.78, 5) is 0. The lowest BCUT2D eigenvalue weighted by molar-refractivity contribution is 0.981. The summed E-state index contributed by atoms with van der Waals surface area (Å²) in [6, 6.07) is 0. The largest absolute Gasteiger partial charge is 0.394 e. The molecule has 0 bridgehead atoms. The van der Waals surface area contributed by atoms with Crippen LogP contribution in [0.5, 0.6) is 0 Å². The summed E-state index contributed by atoms with van der Waals surface area (Å²) in [5.74, 6) is 0. The highest BCUT2D eigenvalue weighted by molar-refractivity contribution is 5.22. The van der Waals surface area contributed by atoms with Crippen molar-refractivity contribution >= 4 is 0 Å². The van der Waals surface area contributed by atoms with Crippen molar-refractivity contribution in [1.29, 1.82) is 0 Å². The molecule has 0 aromatic rings. The van der Waals surface area contributed by atoms with E-state index < -0.39 is 0 Å². The maximum absolute atomic E-state index is 3.77. The van der Waals surface area contributed by atoms with Crippen molar-refractivity contribution in [1.82, 2.24) is 10.6 Å². The van der Waals surface area contributed by atoms with Gasteiger partial charge in [0.25, 0.3) is 0 Å². The molecule has 0 aromatic heterocycles. The topological polar surface area (TPSA) is 24.1 Å². The minimum atomic E-state index is 0.948. The molecule has 0 saturated carbocycles. The summed E-state index contributed by atoms with van der Waals surface area (Å²) in [5, 5.41) is 5.87. The first-order valence-corrected chi connectivity index (χ1v) is 3.93. The quantitative estimate of drug-likeness (QED) is 0.610. The number of hydrogen-bond acceptors (Lipinski definition) is 2. The summed E-state index contributed by atoms with van der Waals surface area (Å²) < 4.78 is 0. The van der Waals surface area contributed by atoms with Gasteiger partial charge in [0.05, 0.1) is 0 Å². The standard InChI is InChI=1S/C7H14N2.C2H6/c1-6(5-8-3)7(2)9-4;1-2/h5,8-9H,2H2,1,3-4H3;1-2H3/b6-5+;. The molecule has 0 radical (unpaired) electrons. The Morgan fingerprint density at radius 2 is 1.73 bits per heavy atom. The van der Waals surface area contributed by atoms with Crippen LogP contribution in [-0.4, -0.2) is 14.1 Å². The van der Waals surface area contributed by atoms with Gasteiger partial charge in [-0.05, 0) is 12.5 Å². The van der Waals surface area contributed by atoms with Crippen LogP contribution in [0.1, 0.15) is 20.8 Å². The second-order valence-corrected chi connectivity index (χ2v) is 1.84. The molecular formula is C9H20N2. The van der Waals surface area contributed by atoms with Gasteiger partial charge < -0.3 is 10.6 Å². The number of allylic oxidation sites excluding steroid dienone is 1. The predicted molar refractivity (Wildman–Crippen MR) is 52.4 cm³/mol. The molecule has 0 heterocycles. The van der Waals surface area contributed by atoms with Crippen molar-refractivity contribution in [2.24, 2.45) is 0 Å². The van der Waals surface area contributed by atoms with Crippen molar-refractivity contribution in [3.8, 4) is 0 Å². The zero-order chi connectivity index (χ0) is 9.28. The molecule has 0 unspecified atom stereocenters. The molecule has 0 aliphatic rings. The third-order valence-electron chi connectivity index (χ3n) is 1.14. The minimum Gasteiger partial charge on any atom is -0.394 e. The van der Waals surface area contributed by atoms with Crippen LogP contribution in [0.4, 0.5) is 0 Å². The Balaban J connectivity index is 0. The van der Waals surface area contributed by atoms with E-state index in [-0.39, 0.29) is 0 Å². The summed E-state index contributed by atoms with van der Waals surface area (Å²) in [5.41, 5.74) is 2.07. The van der Waals surface area contributed by atoms with Crippen LogP contribution >= 0.6 is 0 Å². The lowest BCUT2D eigenvalue weighted by Gasteiger charge is -2.03. The molecule has 0 rings (SSSR count). The molecule has 0 aromatic carbocycles. The van der Waals surface area contributed by atoms with E-state index in [0.29, 0.717) is 0 Å². The third-order valence-corrected chi connectivity index (χ3v) is 1.14. The van der Waals surface area contributed by atoms with Crippen LogP contribution in [-0.2, 0) is 0 Å². The van der Waals surface area contributed by atoms with Gasteiger partial charge in [0.1, 0.15) is 0 Å². The monoisotopic (exact) mass is 156 g/mol. The van der Waals surface area contributed by atoms with E-state index in [4.69, 9.17) is 0 Å². The van der Waals surface area contributed by atoms with E-state index in [1.165, 1.54) is 0 Å². The average molecular weight is 156 g/mol. The Bertz CT molecular complexity index is 126. The Hall–Kier alpha value is -0.920. The van der Waals surface area contributed by atoms with Gasteiger partial charge in [-0.3, -0.25) is 0 Å². The summed E-state index contributed by atoms with van der Waals surface area (Å²) in [6.07, 6.45) is 1.90. The van der Waals surface area contributed by atoms with Gasteiger partial charge in [-0.25, -0.2) is 0 Å². The van der Waals surface area contributed by atoms with E-state index in [0.717, 1.165) is 11.3 Å². The molecule has 2 nitrogen and oxygen atoms in total. The van der Waals surface area contributed by atoms with E-state index in [1.807, 2.05) is 41.1 Å². The maximum atomic E-state index is 3.77. The molecular weight excluding hydrogens is 136 g/mol. The molecule has 0 saturated heterocycles. The number of hydrogen-bond donors (Lipinski definition) is 2. The van der Waals surface area contributed by atoms with E-state index >= 15 is 0 Å². The van der Waals surface area contributed by atoms with E-state index in [2.05, 4.69) is 17.2 Å². The first-order chi connectivity index (χ1) is 5.22. The van der Waals surface area contributed by atoms with Crippen LogP contribution in [0.15, 0.2) is 24.0 Å². The molecule has 0 spiro atoms. The average Bonchev–Trinajstić information content (AvgIpc) is 2.07. The second kappa shape index (κ2) is 9.08. The third kappa shape index (κ3) is 6.97. The second-order valence-electron chi connectivity index (χ2n) is 1.84. The fraction of sp³-hybridized carbons (Fsp3) is 0.556. The van der Waals surface area contributed by atoms with Gasteiger partial charge in [0.2, 0.25) is 0 Å². The van der Waals surface area contributed by atoms with Gasteiger partial charge >= 0.3 is 0 Å². The van der Waals surface area contributed by atoms with E-state index in [1.54, 1.807) is 0 Å². The molecule has 0 fully saturated rings. The molecule has 0 amide bonds. The molecule has 0 aliphatic heterocycles. The Kier molecular flexibility index (Phi) is 10.5. The smallest absolute Gasteiger partial charge is 0.0308 e. The van der Waals surface area contributed by atoms with Crippen LogP contribution in [0.3, 0.4) is 0 Å². The van der Waals surface area contributed by atoms with Gasteiger partial charge in [-0.15, -0.1) is 0 Å². The van der Waals surface area contributed by atoms with Gasteiger partial charge in [-0.2, -0.15) is 0 Å². The summed E-state index contributed by atoms with van der Waals surface area (Å²) >= 11 is 0. The van der Waals surface area contributed by atoms with Crippen LogP contribution in [0, 0.1) is 0 Å². The van der Waals surface area contributed by atoms with Crippen molar-refractivity contribution in [2.45, 2.75) is 20.8 Å². The van der Waals surface area contributed by atoms with Gasteiger partial charge in [-0.1, -0.05) is 20.4 Å². The zero-order valence-electron chi connectivity index (χ0n) is 8.28. The van der Waals surface area contributed by atoms with Gasteiger partial charge in [0, 0.05) is 26.0 Å². The summed E-state index contributed by atoms with van der Waals surface area (Å²) in [7, 11) is 3.72. The fourth-order valence-corrected chi connectivity index (χ4v) is 0.501. The number of rotatable bonds is 3. The molecule has 66 valence electrons. The van der Waals surface area contributed by atoms with Crippen molar-refractivity contribution in [3.05, 3.63) is 24.0 Å². The highest BCUT2D eigenvalue weighted by atomic mass is 14.8. The Morgan fingerprint density at radius 1 is 1.27 bits per heavy atom. The van der Waals surface area contributed by atoms with Crippen LogP contribution in [0.25, 0.3) is 0 Å². The van der Waals surface area contributed by atoms with Crippen LogP contribution < -0.4 is 10.6 Å². The normalized spacial score (nSPS) is 9.36. The molecule has 2 N–H and O–H groups in total. The molecule has 0 atom stereocenters. The Morgan fingerprint density at radius 3 is 2.00 bits per heavy atom. The van der Waals surface area contributed by atoms with Crippen molar-refractivity contribution in [3.63, 3.8) is 0 Å². The van der Waals surface area contributed by atoms with E-state index in [9.17, 15) is 0 Å².